The normalized spacial score (nSPS) is 10.5. The Bertz CT molecular complexity index is 350. The van der Waals surface area contributed by atoms with Gasteiger partial charge in [0.05, 0.1) is 6.33 Å². The summed E-state index contributed by atoms with van der Waals surface area (Å²) in [6.45, 7) is 3.90. The number of hydrogen-bond acceptors (Lipinski definition) is 3. The van der Waals surface area contributed by atoms with Crippen LogP contribution in [0.15, 0.2) is 17.1 Å². The third kappa shape index (κ3) is 0.922. The summed E-state index contributed by atoms with van der Waals surface area (Å²) in [5.74, 6) is 0. The summed E-state index contributed by atoms with van der Waals surface area (Å²) in [4.78, 5) is 7.13. The van der Waals surface area contributed by atoms with Gasteiger partial charge in [-0.05, 0) is 13.8 Å². The highest BCUT2D eigenvalue weighted by molar-refractivity contribution is 5.59. The third-order valence-corrected chi connectivity index (χ3v) is 1.80. The molecule has 4 heteroatoms. The summed E-state index contributed by atoms with van der Waals surface area (Å²) in [7, 11) is 0. The molecule has 0 aliphatic heterocycles. The van der Waals surface area contributed by atoms with Gasteiger partial charge in [0.25, 0.3) is 0 Å². The molecule has 0 saturated carbocycles. The molecule has 0 atom stereocenters. The summed E-state index contributed by atoms with van der Waals surface area (Å²) in [6, 6.07) is 0. The van der Waals surface area contributed by atoms with E-state index < -0.39 is 0 Å². The van der Waals surface area contributed by atoms with E-state index in [0.717, 1.165) is 22.6 Å². The second kappa shape index (κ2) is 2.48. The second-order valence-corrected chi connectivity index (χ2v) is 2.72. The second-order valence-electron chi connectivity index (χ2n) is 2.72. The summed E-state index contributed by atoms with van der Waals surface area (Å²) in [5.41, 5.74) is 3.69. The van der Waals surface area contributed by atoms with Crippen molar-refractivity contribution in [3.05, 3.63) is 23.8 Å². The number of H-pyrrole nitrogens is 1. The van der Waals surface area contributed by atoms with Gasteiger partial charge in [-0.3, -0.25) is 0 Å². The molecule has 0 bridgehead atoms. The Balaban J connectivity index is 2.57. The number of aromatic nitrogens is 3. The molecule has 2 rings (SSSR count). The number of aryl methyl sites for hydroxylation is 2. The van der Waals surface area contributed by atoms with Crippen LogP contribution in [0.1, 0.15) is 11.3 Å². The third-order valence-electron chi connectivity index (χ3n) is 1.80. The first-order chi connectivity index (χ1) is 5.79. The number of nitrogens with zero attached hydrogens (tertiary/aromatic N) is 2. The maximum Gasteiger partial charge on any atom is 0.136 e. The Morgan fingerprint density at radius 1 is 1.33 bits per heavy atom. The van der Waals surface area contributed by atoms with Gasteiger partial charge in [0.2, 0.25) is 0 Å². The van der Waals surface area contributed by atoms with Crippen molar-refractivity contribution in [1.29, 1.82) is 0 Å². The lowest BCUT2D eigenvalue weighted by atomic mass is 10.2. The quantitative estimate of drug-likeness (QED) is 0.695. The molecule has 62 valence electrons. The Kier molecular flexibility index (Phi) is 1.46. The molecule has 0 fully saturated rings. The molecule has 0 aromatic carbocycles. The van der Waals surface area contributed by atoms with Crippen LogP contribution in [-0.4, -0.2) is 15.1 Å². The van der Waals surface area contributed by atoms with E-state index in [4.69, 9.17) is 4.52 Å². The van der Waals surface area contributed by atoms with Gasteiger partial charge < -0.3 is 9.51 Å². The van der Waals surface area contributed by atoms with Gasteiger partial charge in [0.15, 0.2) is 0 Å². The Morgan fingerprint density at radius 3 is 2.67 bits per heavy atom. The smallest absolute Gasteiger partial charge is 0.136 e. The van der Waals surface area contributed by atoms with E-state index in [1.165, 1.54) is 0 Å². The minimum Gasteiger partial charge on any atom is -0.364 e. The summed E-state index contributed by atoms with van der Waals surface area (Å²) >= 11 is 0. The molecule has 0 aliphatic carbocycles. The van der Waals surface area contributed by atoms with Crippen LogP contribution in [0.3, 0.4) is 0 Å². The zero-order valence-electron chi connectivity index (χ0n) is 6.96. The van der Waals surface area contributed by atoms with Crippen molar-refractivity contribution < 1.29 is 4.52 Å². The first-order valence-electron chi connectivity index (χ1n) is 3.70. The standard InChI is InChI=1S/C8H9N3O/c1-5-3-12-11-7(5)8-6(2)9-4-10-8/h3-4H,1-2H3,(H,9,10). The minimum absolute atomic E-state index is 0.814. The van der Waals surface area contributed by atoms with E-state index in [0.29, 0.717) is 0 Å². The van der Waals surface area contributed by atoms with Crippen LogP contribution in [0.4, 0.5) is 0 Å². The van der Waals surface area contributed by atoms with E-state index in [1.54, 1.807) is 12.6 Å². The summed E-state index contributed by atoms with van der Waals surface area (Å²) in [5, 5.41) is 3.86. The Morgan fingerprint density at radius 2 is 2.17 bits per heavy atom. The van der Waals surface area contributed by atoms with Gasteiger partial charge in [-0.15, -0.1) is 0 Å². The molecule has 2 heterocycles. The molecule has 0 unspecified atom stereocenters. The highest BCUT2D eigenvalue weighted by Crippen LogP contribution is 2.20. The van der Waals surface area contributed by atoms with Gasteiger partial charge in [-0.25, -0.2) is 4.98 Å². The van der Waals surface area contributed by atoms with Gasteiger partial charge in [0, 0.05) is 11.3 Å². The molecule has 0 amide bonds. The lowest BCUT2D eigenvalue weighted by Crippen LogP contribution is -1.83. The van der Waals surface area contributed by atoms with E-state index in [9.17, 15) is 0 Å². The van der Waals surface area contributed by atoms with E-state index in [-0.39, 0.29) is 0 Å². The number of rotatable bonds is 1. The fraction of sp³-hybridized carbons (Fsp3) is 0.250. The predicted octanol–water partition coefficient (Wildman–Crippen LogP) is 1.68. The zero-order chi connectivity index (χ0) is 8.55. The number of hydrogen-bond donors (Lipinski definition) is 1. The molecule has 0 saturated heterocycles. The molecule has 12 heavy (non-hydrogen) atoms. The Labute approximate surface area is 69.6 Å². The van der Waals surface area contributed by atoms with Crippen molar-refractivity contribution in [2.75, 3.05) is 0 Å². The van der Waals surface area contributed by atoms with Crippen LogP contribution in [0.25, 0.3) is 11.4 Å². The lowest BCUT2D eigenvalue weighted by molar-refractivity contribution is 0.421. The molecule has 0 aliphatic rings. The maximum absolute atomic E-state index is 4.82. The molecule has 1 N–H and O–H groups in total. The van der Waals surface area contributed by atoms with Crippen molar-refractivity contribution in [2.45, 2.75) is 13.8 Å². The average molecular weight is 163 g/mol. The van der Waals surface area contributed by atoms with Crippen LogP contribution in [0, 0.1) is 13.8 Å². The van der Waals surface area contributed by atoms with Crippen LogP contribution in [0.2, 0.25) is 0 Å². The highest BCUT2D eigenvalue weighted by atomic mass is 16.5. The topological polar surface area (TPSA) is 54.7 Å². The van der Waals surface area contributed by atoms with Crippen LogP contribution in [0.5, 0.6) is 0 Å². The first kappa shape index (κ1) is 7.09. The monoisotopic (exact) mass is 163 g/mol. The number of aromatic amines is 1. The lowest BCUT2D eigenvalue weighted by Gasteiger charge is -1.91. The van der Waals surface area contributed by atoms with Crippen molar-refractivity contribution in [1.82, 2.24) is 15.1 Å². The molecule has 0 radical (unpaired) electrons. The van der Waals surface area contributed by atoms with Gasteiger partial charge in [0.1, 0.15) is 17.7 Å². The highest BCUT2D eigenvalue weighted by Gasteiger charge is 2.10. The summed E-state index contributed by atoms with van der Waals surface area (Å²) < 4.78 is 4.82. The van der Waals surface area contributed by atoms with Gasteiger partial charge in [-0.2, -0.15) is 0 Å². The fourth-order valence-electron chi connectivity index (χ4n) is 1.11. The van der Waals surface area contributed by atoms with Crippen molar-refractivity contribution in [3.8, 4) is 11.4 Å². The van der Waals surface area contributed by atoms with Crippen LogP contribution in [-0.2, 0) is 0 Å². The van der Waals surface area contributed by atoms with Crippen molar-refractivity contribution in [2.24, 2.45) is 0 Å². The molecular formula is C8H9N3O. The van der Waals surface area contributed by atoms with E-state index >= 15 is 0 Å². The molecule has 2 aromatic heterocycles. The number of nitrogens with one attached hydrogen (secondary N) is 1. The fourth-order valence-corrected chi connectivity index (χ4v) is 1.11. The molecule has 4 nitrogen and oxygen atoms in total. The molecule has 0 spiro atoms. The molecule has 2 aromatic rings. The van der Waals surface area contributed by atoms with E-state index in [2.05, 4.69) is 15.1 Å². The molecular weight excluding hydrogens is 154 g/mol. The van der Waals surface area contributed by atoms with Gasteiger partial charge in [-0.1, -0.05) is 5.16 Å². The SMILES string of the molecule is Cc1conc1-c1nc[nH]c1C. The van der Waals surface area contributed by atoms with Crippen LogP contribution >= 0.6 is 0 Å². The zero-order valence-corrected chi connectivity index (χ0v) is 6.96. The average Bonchev–Trinajstić information content (AvgIpc) is 2.59. The minimum atomic E-state index is 0.814. The van der Waals surface area contributed by atoms with Crippen LogP contribution < -0.4 is 0 Å². The Hall–Kier alpha value is -1.58. The summed E-state index contributed by atoms with van der Waals surface area (Å²) in [6.07, 6.45) is 3.27. The first-order valence-corrected chi connectivity index (χ1v) is 3.70. The van der Waals surface area contributed by atoms with Gasteiger partial charge >= 0.3 is 0 Å². The predicted molar refractivity (Wildman–Crippen MR) is 43.6 cm³/mol. The van der Waals surface area contributed by atoms with Crippen molar-refractivity contribution >= 4 is 0 Å². The van der Waals surface area contributed by atoms with Crippen molar-refractivity contribution in [3.63, 3.8) is 0 Å². The largest absolute Gasteiger partial charge is 0.364 e. The maximum atomic E-state index is 4.82. The number of imidazole rings is 1. The van der Waals surface area contributed by atoms with E-state index in [1.807, 2.05) is 13.8 Å².